The molecule has 2 fully saturated rings. The van der Waals surface area contributed by atoms with Crippen molar-refractivity contribution in [3.05, 3.63) is 18.0 Å². The predicted octanol–water partition coefficient (Wildman–Crippen LogP) is 1.03. The van der Waals surface area contributed by atoms with Crippen LogP contribution in [0, 0.1) is 5.92 Å². The molecule has 0 bridgehead atoms. The number of ether oxygens (including phenoxy) is 2. The number of methoxy groups -OCH3 is 1. The van der Waals surface area contributed by atoms with Gasteiger partial charge in [-0.2, -0.15) is 0 Å². The molecule has 0 aromatic carbocycles. The van der Waals surface area contributed by atoms with Crippen molar-refractivity contribution in [1.29, 1.82) is 0 Å². The molecular weight excluding hydrogens is 280 g/mol. The number of piperidine rings is 1. The minimum atomic E-state index is 0.438. The third-order valence-electron chi connectivity index (χ3n) is 4.49. The summed E-state index contributed by atoms with van der Waals surface area (Å²) in [6, 6.07) is 0.438. The molecule has 2 saturated heterocycles. The van der Waals surface area contributed by atoms with E-state index >= 15 is 0 Å². The van der Waals surface area contributed by atoms with Crippen LogP contribution in [0.15, 0.2) is 12.4 Å². The molecule has 1 atom stereocenters. The van der Waals surface area contributed by atoms with Crippen LogP contribution in [0.4, 0.5) is 0 Å². The van der Waals surface area contributed by atoms with E-state index < -0.39 is 0 Å². The lowest BCUT2D eigenvalue weighted by atomic mass is 9.97. The zero-order valence-electron chi connectivity index (χ0n) is 13.4. The summed E-state index contributed by atoms with van der Waals surface area (Å²) in [5.74, 6) is 0.769. The van der Waals surface area contributed by atoms with Crippen molar-refractivity contribution in [2.45, 2.75) is 19.4 Å². The highest BCUT2D eigenvalue weighted by Crippen LogP contribution is 2.20. The van der Waals surface area contributed by atoms with Gasteiger partial charge < -0.3 is 9.47 Å². The molecule has 22 heavy (non-hydrogen) atoms. The lowest BCUT2D eigenvalue weighted by Gasteiger charge is -2.36. The van der Waals surface area contributed by atoms with E-state index in [1.165, 1.54) is 32.5 Å². The van der Waals surface area contributed by atoms with E-state index in [4.69, 9.17) is 9.47 Å². The van der Waals surface area contributed by atoms with Crippen LogP contribution in [0.2, 0.25) is 0 Å². The van der Waals surface area contributed by atoms with Crippen LogP contribution in [0.3, 0.4) is 0 Å². The second-order valence-corrected chi connectivity index (χ2v) is 6.23. The highest BCUT2D eigenvalue weighted by atomic mass is 16.5. The second-order valence-electron chi connectivity index (χ2n) is 6.23. The Morgan fingerprint density at radius 3 is 2.68 bits per heavy atom. The first-order valence-electron chi connectivity index (χ1n) is 8.21. The molecule has 0 aliphatic carbocycles. The molecule has 2 aliphatic heterocycles. The van der Waals surface area contributed by atoms with Crippen molar-refractivity contribution < 1.29 is 9.47 Å². The largest absolute Gasteiger partial charge is 0.467 e. The topological polar surface area (TPSA) is 50.7 Å². The van der Waals surface area contributed by atoms with E-state index in [2.05, 4.69) is 19.8 Å². The molecule has 0 amide bonds. The normalized spacial score (nSPS) is 24.3. The summed E-state index contributed by atoms with van der Waals surface area (Å²) in [4.78, 5) is 13.5. The summed E-state index contributed by atoms with van der Waals surface area (Å²) in [5, 5.41) is 0. The Kier molecular flexibility index (Phi) is 5.58. The summed E-state index contributed by atoms with van der Waals surface area (Å²) in [7, 11) is 1.59. The Balaban J connectivity index is 1.49. The van der Waals surface area contributed by atoms with Gasteiger partial charge in [-0.25, -0.2) is 9.97 Å². The van der Waals surface area contributed by atoms with Crippen LogP contribution >= 0.6 is 0 Å². The van der Waals surface area contributed by atoms with Crippen molar-refractivity contribution in [2.75, 3.05) is 53.0 Å². The minimum Gasteiger partial charge on any atom is -0.467 e. The van der Waals surface area contributed by atoms with E-state index in [9.17, 15) is 0 Å². The van der Waals surface area contributed by atoms with Crippen molar-refractivity contribution in [3.8, 4) is 6.01 Å². The number of likely N-dealkylation sites (tertiary alicyclic amines) is 1. The molecule has 122 valence electrons. The molecule has 6 nitrogen and oxygen atoms in total. The predicted molar refractivity (Wildman–Crippen MR) is 83.8 cm³/mol. The van der Waals surface area contributed by atoms with Gasteiger partial charge in [0.1, 0.15) is 0 Å². The Morgan fingerprint density at radius 1 is 1.18 bits per heavy atom. The fourth-order valence-corrected chi connectivity index (χ4v) is 3.38. The molecule has 1 unspecified atom stereocenters. The smallest absolute Gasteiger partial charge is 0.316 e. The van der Waals surface area contributed by atoms with E-state index in [0.717, 1.165) is 44.3 Å². The number of hydrogen-bond donors (Lipinski definition) is 0. The molecule has 0 radical (unpaired) electrons. The van der Waals surface area contributed by atoms with Crippen molar-refractivity contribution >= 4 is 0 Å². The average molecular weight is 306 g/mol. The van der Waals surface area contributed by atoms with E-state index in [1.807, 2.05) is 12.4 Å². The van der Waals surface area contributed by atoms with Crippen LogP contribution in [0.5, 0.6) is 6.01 Å². The monoisotopic (exact) mass is 306 g/mol. The molecule has 0 N–H and O–H groups in total. The first-order chi connectivity index (χ1) is 10.8. The van der Waals surface area contributed by atoms with Crippen LogP contribution in [-0.2, 0) is 11.3 Å². The van der Waals surface area contributed by atoms with Gasteiger partial charge in [0.2, 0.25) is 0 Å². The fraction of sp³-hybridized carbons (Fsp3) is 0.750. The lowest BCUT2D eigenvalue weighted by Crippen LogP contribution is -2.44. The Morgan fingerprint density at radius 2 is 1.95 bits per heavy atom. The van der Waals surface area contributed by atoms with Gasteiger partial charge in [0, 0.05) is 50.7 Å². The van der Waals surface area contributed by atoms with Crippen LogP contribution in [0.25, 0.3) is 0 Å². The third-order valence-corrected chi connectivity index (χ3v) is 4.49. The zero-order chi connectivity index (χ0) is 15.2. The zero-order valence-corrected chi connectivity index (χ0v) is 13.4. The number of aromatic nitrogens is 2. The van der Waals surface area contributed by atoms with E-state index in [0.29, 0.717) is 6.01 Å². The number of rotatable bonds is 5. The van der Waals surface area contributed by atoms with Crippen LogP contribution < -0.4 is 4.74 Å². The Labute approximate surface area is 132 Å². The van der Waals surface area contributed by atoms with E-state index in [1.54, 1.807) is 7.11 Å². The number of nitrogens with zero attached hydrogens (tertiary/aromatic N) is 4. The van der Waals surface area contributed by atoms with Gasteiger partial charge in [-0.05, 0) is 25.3 Å². The molecule has 2 aliphatic rings. The Hall–Kier alpha value is -1.24. The summed E-state index contributed by atoms with van der Waals surface area (Å²) >= 11 is 0. The van der Waals surface area contributed by atoms with E-state index in [-0.39, 0.29) is 0 Å². The first-order valence-corrected chi connectivity index (χ1v) is 8.21. The molecule has 0 saturated carbocycles. The van der Waals surface area contributed by atoms with Crippen LogP contribution in [0.1, 0.15) is 18.4 Å². The van der Waals surface area contributed by atoms with Gasteiger partial charge in [-0.15, -0.1) is 0 Å². The number of hydrogen-bond acceptors (Lipinski definition) is 6. The molecule has 0 spiro atoms. The quantitative estimate of drug-likeness (QED) is 0.810. The standard InChI is InChI=1S/C16H26N4O2/c1-21-16-17-9-15(10-18-16)13-20-4-2-3-14(12-20)11-19-5-7-22-8-6-19/h9-10,14H,2-8,11-13H2,1H3. The summed E-state index contributed by atoms with van der Waals surface area (Å²) < 4.78 is 10.4. The van der Waals surface area contributed by atoms with Crippen LogP contribution in [-0.4, -0.2) is 72.8 Å². The minimum absolute atomic E-state index is 0.438. The van der Waals surface area contributed by atoms with Crippen molar-refractivity contribution in [1.82, 2.24) is 19.8 Å². The highest BCUT2D eigenvalue weighted by molar-refractivity contribution is 5.07. The van der Waals surface area contributed by atoms with Gasteiger partial charge >= 0.3 is 6.01 Å². The summed E-state index contributed by atoms with van der Waals surface area (Å²) in [5.41, 5.74) is 1.16. The molecule has 1 aromatic rings. The maximum Gasteiger partial charge on any atom is 0.316 e. The number of morpholine rings is 1. The molecule has 6 heteroatoms. The fourth-order valence-electron chi connectivity index (χ4n) is 3.38. The second kappa shape index (κ2) is 7.85. The highest BCUT2D eigenvalue weighted by Gasteiger charge is 2.23. The van der Waals surface area contributed by atoms with Gasteiger partial charge in [0.15, 0.2) is 0 Å². The molecule has 3 rings (SSSR count). The first kappa shape index (κ1) is 15.6. The SMILES string of the molecule is COc1ncc(CN2CCCC(CN3CCOCC3)C2)cn1. The van der Waals surface area contributed by atoms with Gasteiger partial charge in [0.05, 0.1) is 20.3 Å². The summed E-state index contributed by atoms with van der Waals surface area (Å²) in [6.07, 6.45) is 6.37. The molecule has 3 heterocycles. The summed E-state index contributed by atoms with van der Waals surface area (Å²) in [6.45, 7) is 8.43. The third kappa shape index (κ3) is 4.38. The van der Waals surface area contributed by atoms with Crippen molar-refractivity contribution in [3.63, 3.8) is 0 Å². The maximum absolute atomic E-state index is 5.43. The maximum atomic E-state index is 5.43. The molecular formula is C16H26N4O2. The van der Waals surface area contributed by atoms with Gasteiger partial charge in [-0.3, -0.25) is 9.80 Å². The average Bonchev–Trinajstić information content (AvgIpc) is 2.57. The van der Waals surface area contributed by atoms with Gasteiger partial charge in [-0.1, -0.05) is 0 Å². The molecule has 1 aromatic heterocycles. The Bertz CT molecular complexity index is 448. The van der Waals surface area contributed by atoms with Crippen molar-refractivity contribution in [2.24, 2.45) is 5.92 Å². The lowest BCUT2D eigenvalue weighted by molar-refractivity contribution is 0.0224. The van der Waals surface area contributed by atoms with Gasteiger partial charge in [0.25, 0.3) is 0 Å².